The normalized spacial score (nSPS) is 29.0. The molecule has 2 atom stereocenters. The van der Waals surface area contributed by atoms with Crippen molar-refractivity contribution >= 4 is 10.8 Å². The lowest BCUT2D eigenvalue weighted by Gasteiger charge is -2.41. The summed E-state index contributed by atoms with van der Waals surface area (Å²) in [7, 11) is 0. The standard InChI is InChI=1S/C16H18/c1-11-9-12(2)16(11)15-8-7-13-5-3-4-6-14(13)10-15/h3-8,10-12,16H,9H2,1-2H3. The van der Waals surface area contributed by atoms with Gasteiger partial charge in [-0.2, -0.15) is 0 Å². The van der Waals surface area contributed by atoms with Crippen LogP contribution in [0.1, 0.15) is 31.7 Å². The molecular formula is C16H18. The summed E-state index contributed by atoms with van der Waals surface area (Å²) in [5.41, 5.74) is 1.53. The number of rotatable bonds is 1. The minimum absolute atomic E-state index is 0.782. The quantitative estimate of drug-likeness (QED) is 0.645. The molecule has 0 amide bonds. The lowest BCUT2D eigenvalue weighted by atomic mass is 9.63. The summed E-state index contributed by atoms with van der Waals surface area (Å²) in [5.74, 6) is 2.50. The van der Waals surface area contributed by atoms with Gasteiger partial charge in [0, 0.05) is 0 Å². The van der Waals surface area contributed by atoms with E-state index in [0.717, 1.165) is 17.8 Å². The Kier molecular flexibility index (Phi) is 2.24. The van der Waals surface area contributed by atoms with Gasteiger partial charge >= 0.3 is 0 Å². The van der Waals surface area contributed by atoms with Gasteiger partial charge < -0.3 is 0 Å². The van der Waals surface area contributed by atoms with Crippen molar-refractivity contribution in [2.75, 3.05) is 0 Å². The molecule has 0 N–H and O–H groups in total. The summed E-state index contributed by atoms with van der Waals surface area (Å²) in [6.45, 7) is 4.75. The number of benzene rings is 2. The van der Waals surface area contributed by atoms with Crippen LogP contribution in [0, 0.1) is 11.8 Å². The van der Waals surface area contributed by atoms with Gasteiger partial charge in [-0.05, 0) is 40.5 Å². The average Bonchev–Trinajstić information content (AvgIpc) is 2.28. The lowest BCUT2D eigenvalue weighted by Crippen LogP contribution is -2.30. The van der Waals surface area contributed by atoms with E-state index in [2.05, 4.69) is 56.3 Å². The third-order valence-corrected chi connectivity index (χ3v) is 4.13. The van der Waals surface area contributed by atoms with Gasteiger partial charge in [-0.25, -0.2) is 0 Å². The van der Waals surface area contributed by atoms with Crippen LogP contribution in [0.4, 0.5) is 0 Å². The molecule has 16 heavy (non-hydrogen) atoms. The summed E-state index contributed by atoms with van der Waals surface area (Å²) in [4.78, 5) is 0. The molecule has 0 nitrogen and oxygen atoms in total. The third-order valence-electron chi connectivity index (χ3n) is 4.13. The van der Waals surface area contributed by atoms with Crippen LogP contribution in [0.25, 0.3) is 10.8 Å². The van der Waals surface area contributed by atoms with E-state index in [9.17, 15) is 0 Å². The highest BCUT2D eigenvalue weighted by molar-refractivity contribution is 5.83. The molecule has 2 unspecified atom stereocenters. The zero-order valence-electron chi connectivity index (χ0n) is 9.98. The molecule has 1 aliphatic carbocycles. The maximum absolute atomic E-state index is 2.38. The van der Waals surface area contributed by atoms with Crippen molar-refractivity contribution in [1.29, 1.82) is 0 Å². The third kappa shape index (κ3) is 1.44. The molecule has 3 rings (SSSR count). The van der Waals surface area contributed by atoms with Crippen molar-refractivity contribution in [3.05, 3.63) is 48.0 Å². The fraction of sp³-hybridized carbons (Fsp3) is 0.375. The van der Waals surface area contributed by atoms with E-state index in [-0.39, 0.29) is 0 Å². The van der Waals surface area contributed by atoms with Gasteiger partial charge in [-0.15, -0.1) is 0 Å². The Bertz CT molecular complexity index is 504. The highest BCUT2D eigenvalue weighted by Gasteiger charge is 2.35. The second kappa shape index (κ2) is 3.62. The average molecular weight is 210 g/mol. The lowest BCUT2D eigenvalue weighted by molar-refractivity contribution is 0.176. The molecule has 0 spiro atoms. The van der Waals surface area contributed by atoms with Crippen molar-refractivity contribution < 1.29 is 0 Å². The van der Waals surface area contributed by atoms with E-state index in [1.165, 1.54) is 22.8 Å². The van der Waals surface area contributed by atoms with Gasteiger partial charge in [0.05, 0.1) is 0 Å². The minimum Gasteiger partial charge on any atom is -0.0619 e. The number of fused-ring (bicyclic) bond motifs is 1. The monoisotopic (exact) mass is 210 g/mol. The Morgan fingerprint density at radius 1 is 0.875 bits per heavy atom. The predicted octanol–water partition coefficient (Wildman–Crippen LogP) is 4.60. The van der Waals surface area contributed by atoms with E-state index >= 15 is 0 Å². The van der Waals surface area contributed by atoms with Crippen LogP contribution in [-0.4, -0.2) is 0 Å². The fourth-order valence-corrected chi connectivity index (χ4v) is 3.32. The van der Waals surface area contributed by atoms with E-state index in [4.69, 9.17) is 0 Å². The SMILES string of the molecule is CC1CC(C)C1c1ccc2ccccc2c1. The summed E-state index contributed by atoms with van der Waals surface area (Å²) >= 11 is 0. The first kappa shape index (κ1) is 9.89. The van der Waals surface area contributed by atoms with Crippen LogP contribution >= 0.6 is 0 Å². The summed E-state index contributed by atoms with van der Waals surface area (Å²) < 4.78 is 0. The molecule has 0 radical (unpaired) electrons. The van der Waals surface area contributed by atoms with Crippen LogP contribution in [0.2, 0.25) is 0 Å². The van der Waals surface area contributed by atoms with Crippen molar-refractivity contribution in [3.63, 3.8) is 0 Å². The van der Waals surface area contributed by atoms with E-state index in [1.54, 1.807) is 0 Å². The van der Waals surface area contributed by atoms with Gasteiger partial charge in [-0.1, -0.05) is 56.3 Å². The molecular weight excluding hydrogens is 192 g/mol. The van der Waals surface area contributed by atoms with Crippen LogP contribution in [0.5, 0.6) is 0 Å². The Morgan fingerprint density at radius 3 is 2.25 bits per heavy atom. The zero-order valence-corrected chi connectivity index (χ0v) is 9.98. The van der Waals surface area contributed by atoms with Crippen molar-refractivity contribution in [3.8, 4) is 0 Å². The highest BCUT2D eigenvalue weighted by atomic mass is 14.4. The highest BCUT2D eigenvalue weighted by Crippen LogP contribution is 2.47. The first-order valence-electron chi connectivity index (χ1n) is 6.24. The molecule has 0 aromatic heterocycles. The molecule has 0 bridgehead atoms. The molecule has 0 heteroatoms. The zero-order chi connectivity index (χ0) is 11.1. The van der Waals surface area contributed by atoms with Gasteiger partial charge in [0.2, 0.25) is 0 Å². The van der Waals surface area contributed by atoms with Gasteiger partial charge in [0.1, 0.15) is 0 Å². The molecule has 2 aromatic rings. The summed E-state index contributed by atoms with van der Waals surface area (Å²) in [5, 5.41) is 2.73. The van der Waals surface area contributed by atoms with Crippen LogP contribution in [0.3, 0.4) is 0 Å². The van der Waals surface area contributed by atoms with Gasteiger partial charge in [-0.3, -0.25) is 0 Å². The number of hydrogen-bond donors (Lipinski definition) is 0. The Labute approximate surface area is 97.3 Å². The molecule has 1 fully saturated rings. The molecule has 0 saturated heterocycles. The van der Waals surface area contributed by atoms with Crippen LogP contribution in [0.15, 0.2) is 42.5 Å². The molecule has 0 heterocycles. The molecule has 1 aliphatic rings. The molecule has 82 valence electrons. The van der Waals surface area contributed by atoms with Crippen molar-refractivity contribution in [2.45, 2.75) is 26.2 Å². The molecule has 1 saturated carbocycles. The van der Waals surface area contributed by atoms with E-state index in [1.807, 2.05) is 0 Å². The topological polar surface area (TPSA) is 0 Å². The second-order valence-corrected chi connectivity index (χ2v) is 5.32. The molecule has 2 aromatic carbocycles. The maximum atomic E-state index is 2.38. The second-order valence-electron chi connectivity index (χ2n) is 5.32. The fourth-order valence-electron chi connectivity index (χ4n) is 3.32. The largest absolute Gasteiger partial charge is 0.0619 e. The van der Waals surface area contributed by atoms with Gasteiger partial charge in [0.15, 0.2) is 0 Å². The molecule has 0 aliphatic heterocycles. The van der Waals surface area contributed by atoms with E-state index < -0.39 is 0 Å². The Morgan fingerprint density at radius 2 is 1.56 bits per heavy atom. The van der Waals surface area contributed by atoms with Crippen LogP contribution < -0.4 is 0 Å². The summed E-state index contributed by atoms with van der Waals surface area (Å²) in [6, 6.07) is 15.6. The first-order chi connectivity index (χ1) is 7.75. The first-order valence-corrected chi connectivity index (χ1v) is 6.24. The Balaban J connectivity index is 2.05. The van der Waals surface area contributed by atoms with Crippen molar-refractivity contribution in [2.24, 2.45) is 11.8 Å². The van der Waals surface area contributed by atoms with Gasteiger partial charge in [0.25, 0.3) is 0 Å². The Hall–Kier alpha value is -1.30. The van der Waals surface area contributed by atoms with Crippen LogP contribution in [-0.2, 0) is 0 Å². The predicted molar refractivity (Wildman–Crippen MR) is 69.6 cm³/mol. The van der Waals surface area contributed by atoms with E-state index in [0.29, 0.717) is 0 Å². The number of hydrogen-bond acceptors (Lipinski definition) is 0. The maximum Gasteiger partial charge on any atom is -0.0110 e. The van der Waals surface area contributed by atoms with Crippen molar-refractivity contribution in [1.82, 2.24) is 0 Å². The summed E-state index contributed by atoms with van der Waals surface area (Å²) in [6.07, 6.45) is 1.39. The smallest absolute Gasteiger partial charge is 0.0110 e. The minimum atomic E-state index is 0.782.